The van der Waals surface area contributed by atoms with Crippen LogP contribution in [-0.2, 0) is 0 Å². The average molecular weight is 316 g/mol. The van der Waals surface area contributed by atoms with E-state index in [0.29, 0.717) is 6.10 Å². The van der Waals surface area contributed by atoms with Gasteiger partial charge in [-0.15, -0.1) is 0 Å². The maximum Gasteiger partial charge on any atom is 0.119 e. The number of hydrogen-bond acceptors (Lipinski definition) is 1. The molecule has 0 aliphatic heterocycles. The molecule has 15 heavy (non-hydrogen) atoms. The summed E-state index contributed by atoms with van der Waals surface area (Å²) in [5.74, 6) is 1.91. The number of benzene rings is 1. The molecule has 0 amide bonds. The van der Waals surface area contributed by atoms with Crippen molar-refractivity contribution in [2.45, 2.75) is 38.7 Å². The minimum atomic E-state index is 0.446. The molecule has 1 aromatic carbocycles. The van der Waals surface area contributed by atoms with Gasteiger partial charge in [0.2, 0.25) is 0 Å². The van der Waals surface area contributed by atoms with Gasteiger partial charge in [0.15, 0.2) is 0 Å². The van der Waals surface area contributed by atoms with Crippen molar-refractivity contribution in [3.05, 3.63) is 27.8 Å². The summed E-state index contributed by atoms with van der Waals surface area (Å²) in [5, 5.41) is 0. The van der Waals surface area contributed by atoms with E-state index in [-0.39, 0.29) is 0 Å². The maximum atomic E-state index is 5.96. The van der Waals surface area contributed by atoms with E-state index in [1.165, 1.54) is 29.3 Å². The Labute approximate surface area is 105 Å². The molecule has 1 fully saturated rings. The number of rotatable bonds is 2. The van der Waals surface area contributed by atoms with E-state index < -0.39 is 0 Å². The van der Waals surface area contributed by atoms with Gasteiger partial charge in [-0.2, -0.15) is 0 Å². The Morgan fingerprint density at radius 3 is 2.27 bits per heavy atom. The van der Waals surface area contributed by atoms with Crippen molar-refractivity contribution in [1.82, 2.24) is 0 Å². The van der Waals surface area contributed by atoms with Gasteiger partial charge in [-0.1, -0.05) is 6.92 Å². The van der Waals surface area contributed by atoms with Gasteiger partial charge < -0.3 is 4.74 Å². The molecule has 82 valence electrons. The summed E-state index contributed by atoms with van der Waals surface area (Å²) in [7, 11) is 0. The molecule has 1 nitrogen and oxygen atoms in total. The van der Waals surface area contributed by atoms with Gasteiger partial charge >= 0.3 is 0 Å². The maximum absolute atomic E-state index is 5.96. The monoisotopic (exact) mass is 316 g/mol. The number of halogens is 1. The number of hydrogen-bond donors (Lipinski definition) is 0. The Hall–Kier alpha value is -0.250. The normalized spacial score (nSPS) is 26.3. The van der Waals surface area contributed by atoms with Gasteiger partial charge in [-0.3, -0.25) is 0 Å². The largest absolute Gasteiger partial charge is 0.490 e. The van der Waals surface area contributed by atoms with Crippen molar-refractivity contribution < 1.29 is 4.74 Å². The molecule has 2 heteroatoms. The zero-order valence-electron chi connectivity index (χ0n) is 9.08. The summed E-state index contributed by atoms with van der Waals surface area (Å²) in [5.41, 5.74) is 0. The van der Waals surface area contributed by atoms with Gasteiger partial charge in [0, 0.05) is 3.57 Å². The van der Waals surface area contributed by atoms with Crippen LogP contribution in [0, 0.1) is 9.49 Å². The van der Waals surface area contributed by atoms with Crippen LogP contribution in [0.4, 0.5) is 0 Å². The van der Waals surface area contributed by atoms with Gasteiger partial charge in [0.25, 0.3) is 0 Å². The van der Waals surface area contributed by atoms with Crippen molar-refractivity contribution in [3.63, 3.8) is 0 Å². The second-order valence-corrected chi connectivity index (χ2v) is 5.70. The minimum absolute atomic E-state index is 0.446. The quantitative estimate of drug-likeness (QED) is 0.741. The summed E-state index contributed by atoms with van der Waals surface area (Å²) in [4.78, 5) is 0. The Balaban J connectivity index is 1.89. The molecule has 0 heterocycles. The first-order valence-electron chi connectivity index (χ1n) is 5.66. The lowest BCUT2D eigenvalue weighted by molar-refractivity contribution is 0.135. The highest BCUT2D eigenvalue weighted by Crippen LogP contribution is 2.27. The van der Waals surface area contributed by atoms with Crippen LogP contribution >= 0.6 is 22.6 Å². The van der Waals surface area contributed by atoms with Crippen LogP contribution in [0.3, 0.4) is 0 Å². The molecule has 1 saturated carbocycles. The minimum Gasteiger partial charge on any atom is -0.490 e. The van der Waals surface area contributed by atoms with Crippen LogP contribution in [0.5, 0.6) is 5.75 Å². The summed E-state index contributed by atoms with van der Waals surface area (Å²) < 4.78 is 7.22. The summed E-state index contributed by atoms with van der Waals surface area (Å²) in [6.45, 7) is 2.33. The first-order chi connectivity index (χ1) is 7.24. The second-order valence-electron chi connectivity index (χ2n) is 4.45. The van der Waals surface area contributed by atoms with Gasteiger partial charge in [-0.05, 0) is 78.5 Å². The molecule has 0 unspecified atom stereocenters. The molecular weight excluding hydrogens is 299 g/mol. The van der Waals surface area contributed by atoms with Crippen molar-refractivity contribution in [2.24, 2.45) is 5.92 Å². The molecule has 0 aromatic heterocycles. The molecule has 1 aliphatic carbocycles. The van der Waals surface area contributed by atoms with E-state index in [1.807, 2.05) is 0 Å². The molecule has 2 rings (SSSR count). The van der Waals surface area contributed by atoms with Gasteiger partial charge in [-0.25, -0.2) is 0 Å². The predicted molar refractivity (Wildman–Crippen MR) is 71.2 cm³/mol. The van der Waals surface area contributed by atoms with E-state index in [1.54, 1.807) is 0 Å². The third-order valence-corrected chi connectivity index (χ3v) is 3.80. The Kier molecular flexibility index (Phi) is 3.89. The predicted octanol–water partition coefficient (Wildman–Crippen LogP) is 4.25. The fourth-order valence-corrected chi connectivity index (χ4v) is 2.41. The highest BCUT2D eigenvalue weighted by molar-refractivity contribution is 14.1. The molecule has 1 aromatic rings. The fraction of sp³-hybridized carbons (Fsp3) is 0.538. The highest BCUT2D eigenvalue weighted by Gasteiger charge is 2.19. The SMILES string of the molecule is CC1CCC(Oc2ccc(I)cc2)CC1. The highest BCUT2D eigenvalue weighted by atomic mass is 127. The standard InChI is InChI=1S/C13H17IO/c1-10-2-6-12(7-3-10)15-13-8-4-11(14)5-9-13/h4-5,8-10,12H,2-3,6-7H2,1H3. The lowest BCUT2D eigenvalue weighted by atomic mass is 9.89. The van der Waals surface area contributed by atoms with Crippen molar-refractivity contribution >= 4 is 22.6 Å². The Bertz CT molecular complexity index is 299. The zero-order chi connectivity index (χ0) is 10.7. The molecule has 1 aliphatic rings. The van der Waals surface area contributed by atoms with Gasteiger partial charge in [0.1, 0.15) is 5.75 Å². The summed E-state index contributed by atoms with van der Waals surface area (Å²) in [6, 6.07) is 8.34. The van der Waals surface area contributed by atoms with Crippen molar-refractivity contribution in [3.8, 4) is 5.75 Å². The Morgan fingerprint density at radius 2 is 1.67 bits per heavy atom. The molecule has 0 saturated heterocycles. The third kappa shape index (κ3) is 3.37. The van der Waals surface area contributed by atoms with E-state index >= 15 is 0 Å². The summed E-state index contributed by atoms with van der Waals surface area (Å²) in [6.07, 6.45) is 5.51. The average Bonchev–Trinajstić information content (AvgIpc) is 2.25. The van der Waals surface area contributed by atoms with Crippen LogP contribution in [0.25, 0.3) is 0 Å². The van der Waals surface area contributed by atoms with Crippen LogP contribution in [0.15, 0.2) is 24.3 Å². The van der Waals surface area contributed by atoms with E-state index in [4.69, 9.17) is 4.74 Å². The fourth-order valence-electron chi connectivity index (χ4n) is 2.05. The topological polar surface area (TPSA) is 9.23 Å². The van der Waals surface area contributed by atoms with Crippen LogP contribution in [0.1, 0.15) is 32.6 Å². The van der Waals surface area contributed by atoms with Gasteiger partial charge in [0.05, 0.1) is 6.10 Å². The van der Waals surface area contributed by atoms with Crippen LogP contribution < -0.4 is 4.74 Å². The molecule has 0 atom stereocenters. The number of ether oxygens (including phenoxy) is 1. The first-order valence-corrected chi connectivity index (χ1v) is 6.74. The molecule has 0 radical (unpaired) electrons. The second kappa shape index (κ2) is 5.19. The zero-order valence-corrected chi connectivity index (χ0v) is 11.2. The lowest BCUT2D eigenvalue weighted by Crippen LogP contribution is -2.22. The van der Waals surface area contributed by atoms with Crippen LogP contribution in [0.2, 0.25) is 0 Å². The third-order valence-electron chi connectivity index (χ3n) is 3.08. The summed E-state index contributed by atoms with van der Waals surface area (Å²) >= 11 is 2.31. The molecular formula is C13H17IO. The van der Waals surface area contributed by atoms with Crippen molar-refractivity contribution in [1.29, 1.82) is 0 Å². The molecule has 0 spiro atoms. The van der Waals surface area contributed by atoms with Crippen molar-refractivity contribution in [2.75, 3.05) is 0 Å². The van der Waals surface area contributed by atoms with E-state index in [2.05, 4.69) is 53.8 Å². The first kappa shape index (κ1) is 11.2. The molecule has 0 bridgehead atoms. The lowest BCUT2D eigenvalue weighted by Gasteiger charge is -2.26. The smallest absolute Gasteiger partial charge is 0.119 e. The molecule has 0 N–H and O–H groups in total. The Morgan fingerprint density at radius 1 is 1.07 bits per heavy atom. The van der Waals surface area contributed by atoms with Crippen LogP contribution in [-0.4, -0.2) is 6.10 Å². The van der Waals surface area contributed by atoms with E-state index in [0.717, 1.165) is 11.7 Å². The van der Waals surface area contributed by atoms with E-state index in [9.17, 15) is 0 Å².